The van der Waals surface area contributed by atoms with E-state index in [0.29, 0.717) is 6.04 Å². The van der Waals surface area contributed by atoms with Gasteiger partial charge in [-0.1, -0.05) is 28.9 Å². The predicted molar refractivity (Wildman–Crippen MR) is 91.7 cm³/mol. The highest BCUT2D eigenvalue weighted by molar-refractivity contribution is 9.10. The smallest absolute Gasteiger partial charge is 0.0624 e. The molecule has 21 heavy (non-hydrogen) atoms. The van der Waals surface area contributed by atoms with Crippen molar-refractivity contribution in [2.45, 2.75) is 46.2 Å². The zero-order valence-corrected chi connectivity index (χ0v) is 14.9. The molecule has 114 valence electrons. The molecule has 0 aliphatic carbocycles. The van der Waals surface area contributed by atoms with Crippen molar-refractivity contribution in [3.63, 3.8) is 0 Å². The van der Waals surface area contributed by atoms with Crippen molar-refractivity contribution in [1.29, 1.82) is 0 Å². The number of nitrogens with zero attached hydrogens (tertiary/aromatic N) is 2. The summed E-state index contributed by atoms with van der Waals surface area (Å²) in [5.41, 5.74) is 5.13. The van der Waals surface area contributed by atoms with Gasteiger partial charge in [0.1, 0.15) is 0 Å². The summed E-state index contributed by atoms with van der Waals surface area (Å²) in [6.45, 7) is 7.39. The van der Waals surface area contributed by atoms with Crippen LogP contribution in [-0.2, 0) is 19.4 Å². The topological polar surface area (TPSA) is 29.9 Å². The number of nitrogens with one attached hydrogen (secondary N) is 1. The van der Waals surface area contributed by atoms with Crippen LogP contribution in [0.25, 0.3) is 0 Å². The van der Waals surface area contributed by atoms with Crippen molar-refractivity contribution < 1.29 is 0 Å². The van der Waals surface area contributed by atoms with Crippen LogP contribution in [-0.4, -0.2) is 16.8 Å². The minimum absolute atomic E-state index is 0.310. The van der Waals surface area contributed by atoms with Crippen molar-refractivity contribution in [3.05, 3.63) is 51.3 Å². The third-order valence-corrected chi connectivity index (χ3v) is 4.44. The van der Waals surface area contributed by atoms with E-state index in [0.717, 1.165) is 23.9 Å². The van der Waals surface area contributed by atoms with E-state index in [9.17, 15) is 0 Å². The average molecular weight is 350 g/mol. The van der Waals surface area contributed by atoms with Gasteiger partial charge in [0.25, 0.3) is 0 Å². The molecule has 0 spiro atoms. The van der Waals surface area contributed by atoms with E-state index in [2.05, 4.69) is 76.1 Å². The number of rotatable bonds is 6. The first kappa shape index (κ1) is 16.2. The Hall–Kier alpha value is -1.13. The predicted octanol–water partition coefficient (Wildman–Crippen LogP) is 4.04. The van der Waals surface area contributed by atoms with Crippen LogP contribution < -0.4 is 5.32 Å². The molecular formula is C17H24BrN3. The third kappa shape index (κ3) is 3.74. The highest BCUT2D eigenvalue weighted by Gasteiger charge is 2.16. The zero-order chi connectivity index (χ0) is 15.4. The van der Waals surface area contributed by atoms with E-state index >= 15 is 0 Å². The Bertz CT molecular complexity index is 604. The SMILES string of the molecule is CCc1cc(CC(NC)c2ccc(Br)cc2C)n(CC)n1. The van der Waals surface area contributed by atoms with Crippen molar-refractivity contribution in [2.24, 2.45) is 0 Å². The van der Waals surface area contributed by atoms with E-state index < -0.39 is 0 Å². The number of hydrogen-bond acceptors (Lipinski definition) is 2. The Morgan fingerprint density at radius 3 is 2.62 bits per heavy atom. The molecule has 0 saturated heterocycles. The third-order valence-electron chi connectivity index (χ3n) is 3.94. The molecular weight excluding hydrogens is 326 g/mol. The van der Waals surface area contributed by atoms with Gasteiger partial charge in [0, 0.05) is 29.2 Å². The monoisotopic (exact) mass is 349 g/mol. The van der Waals surface area contributed by atoms with E-state index in [-0.39, 0.29) is 0 Å². The second-order valence-electron chi connectivity index (χ2n) is 5.34. The van der Waals surface area contributed by atoms with Crippen LogP contribution in [0.3, 0.4) is 0 Å². The molecule has 4 heteroatoms. The molecule has 0 bridgehead atoms. The molecule has 0 amide bonds. The Kier molecular flexibility index (Phi) is 5.59. The van der Waals surface area contributed by atoms with Crippen LogP contribution in [0.2, 0.25) is 0 Å². The van der Waals surface area contributed by atoms with Crippen molar-refractivity contribution in [3.8, 4) is 0 Å². The number of halogens is 1. The van der Waals surface area contributed by atoms with Gasteiger partial charge in [-0.25, -0.2) is 0 Å². The molecule has 1 unspecified atom stereocenters. The van der Waals surface area contributed by atoms with Gasteiger partial charge >= 0.3 is 0 Å². The van der Waals surface area contributed by atoms with E-state index in [1.54, 1.807) is 0 Å². The largest absolute Gasteiger partial charge is 0.313 e. The molecule has 1 aromatic carbocycles. The molecule has 2 rings (SSSR count). The first-order valence-electron chi connectivity index (χ1n) is 7.57. The number of hydrogen-bond donors (Lipinski definition) is 1. The highest BCUT2D eigenvalue weighted by Crippen LogP contribution is 2.24. The normalized spacial score (nSPS) is 12.6. The summed E-state index contributed by atoms with van der Waals surface area (Å²) >= 11 is 3.54. The summed E-state index contributed by atoms with van der Waals surface area (Å²) in [5.74, 6) is 0. The fourth-order valence-corrected chi connectivity index (χ4v) is 3.21. The lowest BCUT2D eigenvalue weighted by atomic mass is 9.97. The van der Waals surface area contributed by atoms with Crippen LogP contribution in [0, 0.1) is 6.92 Å². The fourth-order valence-electron chi connectivity index (χ4n) is 2.73. The van der Waals surface area contributed by atoms with Crippen LogP contribution in [0.1, 0.15) is 42.4 Å². The minimum Gasteiger partial charge on any atom is -0.313 e. The molecule has 2 aromatic rings. The molecule has 1 aromatic heterocycles. The van der Waals surface area contributed by atoms with Crippen LogP contribution in [0.5, 0.6) is 0 Å². The highest BCUT2D eigenvalue weighted by atomic mass is 79.9. The van der Waals surface area contributed by atoms with Gasteiger partial charge in [0.15, 0.2) is 0 Å². The maximum atomic E-state index is 4.65. The van der Waals surface area contributed by atoms with Crippen molar-refractivity contribution in [1.82, 2.24) is 15.1 Å². The van der Waals surface area contributed by atoms with Crippen molar-refractivity contribution >= 4 is 15.9 Å². The van der Waals surface area contributed by atoms with E-state index in [1.807, 2.05) is 7.05 Å². The van der Waals surface area contributed by atoms with E-state index in [1.165, 1.54) is 22.5 Å². The lowest BCUT2D eigenvalue weighted by Gasteiger charge is -2.19. The molecule has 3 nitrogen and oxygen atoms in total. The number of aromatic nitrogens is 2. The molecule has 1 N–H and O–H groups in total. The standard InChI is InChI=1S/C17H24BrN3/c1-5-14-10-15(21(6-2)20-14)11-17(19-4)16-8-7-13(18)9-12(16)3/h7-10,17,19H,5-6,11H2,1-4H3. The molecule has 0 aliphatic rings. The van der Waals surface area contributed by atoms with Gasteiger partial charge in [-0.2, -0.15) is 5.10 Å². The van der Waals surface area contributed by atoms with Gasteiger partial charge in [0.2, 0.25) is 0 Å². The van der Waals surface area contributed by atoms with Gasteiger partial charge in [-0.15, -0.1) is 0 Å². The summed E-state index contributed by atoms with van der Waals surface area (Å²) in [5, 5.41) is 8.10. The quantitative estimate of drug-likeness (QED) is 0.852. The Labute approximate surface area is 135 Å². The lowest BCUT2D eigenvalue weighted by molar-refractivity contribution is 0.538. The number of benzene rings is 1. The first-order valence-corrected chi connectivity index (χ1v) is 8.37. The molecule has 0 fully saturated rings. The van der Waals surface area contributed by atoms with Gasteiger partial charge in [-0.05, 0) is 56.6 Å². The van der Waals surface area contributed by atoms with Gasteiger partial charge in [-0.3, -0.25) is 4.68 Å². The van der Waals surface area contributed by atoms with Gasteiger partial charge in [0.05, 0.1) is 5.69 Å². The minimum atomic E-state index is 0.310. The summed E-state index contributed by atoms with van der Waals surface area (Å²) in [7, 11) is 2.03. The summed E-state index contributed by atoms with van der Waals surface area (Å²) < 4.78 is 3.25. The second kappa shape index (κ2) is 7.23. The lowest BCUT2D eigenvalue weighted by Crippen LogP contribution is -2.21. The average Bonchev–Trinajstić information content (AvgIpc) is 2.87. The van der Waals surface area contributed by atoms with Crippen LogP contribution in [0.4, 0.5) is 0 Å². The number of likely N-dealkylation sites (N-methyl/N-ethyl adjacent to an activating group) is 1. The van der Waals surface area contributed by atoms with E-state index in [4.69, 9.17) is 0 Å². The summed E-state index contributed by atoms with van der Waals surface area (Å²) in [6, 6.07) is 9.04. The Balaban J connectivity index is 2.28. The molecule has 1 heterocycles. The Morgan fingerprint density at radius 2 is 2.05 bits per heavy atom. The zero-order valence-electron chi connectivity index (χ0n) is 13.3. The number of aryl methyl sites for hydroxylation is 3. The van der Waals surface area contributed by atoms with Crippen LogP contribution >= 0.6 is 15.9 Å². The first-order chi connectivity index (χ1) is 10.1. The maximum Gasteiger partial charge on any atom is 0.0624 e. The molecule has 1 atom stereocenters. The van der Waals surface area contributed by atoms with Crippen LogP contribution in [0.15, 0.2) is 28.7 Å². The second-order valence-corrected chi connectivity index (χ2v) is 6.26. The molecule has 0 aliphatic heterocycles. The van der Waals surface area contributed by atoms with Gasteiger partial charge < -0.3 is 5.32 Å². The summed E-state index contributed by atoms with van der Waals surface area (Å²) in [6.07, 6.45) is 1.95. The summed E-state index contributed by atoms with van der Waals surface area (Å²) in [4.78, 5) is 0. The van der Waals surface area contributed by atoms with Crippen molar-refractivity contribution in [2.75, 3.05) is 7.05 Å². The molecule has 0 radical (unpaired) electrons. The molecule has 0 saturated carbocycles. The fraction of sp³-hybridized carbons (Fsp3) is 0.471. The Morgan fingerprint density at radius 1 is 1.29 bits per heavy atom. The maximum absolute atomic E-state index is 4.65.